The fourth-order valence-electron chi connectivity index (χ4n) is 3.58. The van der Waals surface area contributed by atoms with Crippen molar-refractivity contribution in [3.05, 3.63) is 93.1 Å². The number of carbonyl (C=O) groups excluding carboxylic acids is 2. The zero-order valence-electron chi connectivity index (χ0n) is 19.0. The second-order valence-electron chi connectivity index (χ2n) is 7.67. The molecule has 3 aromatic carbocycles. The first-order valence-corrected chi connectivity index (χ1v) is 11.6. The number of benzene rings is 3. The number of urea groups is 1. The second kappa shape index (κ2) is 10.7. The summed E-state index contributed by atoms with van der Waals surface area (Å²) in [5.41, 5.74) is 1.68. The van der Waals surface area contributed by atoms with Crippen molar-refractivity contribution < 1.29 is 29.0 Å². The number of imide groups is 1. The fraction of sp³-hybridized carbons (Fsp3) is 0.115. The van der Waals surface area contributed by atoms with Gasteiger partial charge < -0.3 is 19.9 Å². The van der Waals surface area contributed by atoms with Gasteiger partial charge in [-0.3, -0.25) is 4.79 Å². The van der Waals surface area contributed by atoms with Crippen molar-refractivity contribution in [1.82, 2.24) is 5.32 Å². The number of nitrogens with zero attached hydrogens (tertiary/aromatic N) is 1. The van der Waals surface area contributed by atoms with Gasteiger partial charge in [-0.1, -0.05) is 41.4 Å². The van der Waals surface area contributed by atoms with Crippen molar-refractivity contribution in [2.75, 3.05) is 11.5 Å². The third-order valence-corrected chi connectivity index (χ3v) is 5.66. The van der Waals surface area contributed by atoms with Gasteiger partial charge in [-0.25, -0.2) is 14.5 Å². The Morgan fingerprint density at radius 1 is 1.06 bits per heavy atom. The van der Waals surface area contributed by atoms with Crippen molar-refractivity contribution >= 4 is 52.9 Å². The molecule has 1 aliphatic heterocycles. The first-order chi connectivity index (χ1) is 17.3. The molecule has 0 saturated carbocycles. The molecule has 0 spiro atoms. The summed E-state index contributed by atoms with van der Waals surface area (Å²) < 4.78 is 11.6. The number of amides is 3. The van der Waals surface area contributed by atoms with Gasteiger partial charge in [0.25, 0.3) is 5.91 Å². The zero-order valence-corrected chi connectivity index (χ0v) is 20.5. The quantitative estimate of drug-likeness (QED) is 0.285. The van der Waals surface area contributed by atoms with Crippen LogP contribution in [0.1, 0.15) is 28.4 Å². The molecule has 184 valence electrons. The third-order valence-electron chi connectivity index (χ3n) is 5.14. The largest absolute Gasteiger partial charge is 0.490 e. The van der Waals surface area contributed by atoms with Crippen molar-refractivity contribution in [1.29, 1.82) is 0 Å². The van der Waals surface area contributed by atoms with E-state index in [1.165, 1.54) is 24.3 Å². The van der Waals surface area contributed by atoms with E-state index in [1.807, 2.05) is 0 Å². The molecule has 1 heterocycles. The predicted octanol–water partition coefficient (Wildman–Crippen LogP) is 5.77. The van der Waals surface area contributed by atoms with Crippen LogP contribution in [-0.2, 0) is 11.4 Å². The van der Waals surface area contributed by atoms with Crippen molar-refractivity contribution in [3.8, 4) is 11.5 Å². The Labute approximate surface area is 216 Å². The lowest BCUT2D eigenvalue weighted by Gasteiger charge is -2.15. The Morgan fingerprint density at radius 3 is 2.56 bits per heavy atom. The van der Waals surface area contributed by atoms with Crippen molar-refractivity contribution in [2.45, 2.75) is 13.5 Å². The van der Waals surface area contributed by atoms with Gasteiger partial charge in [-0.15, -0.1) is 0 Å². The van der Waals surface area contributed by atoms with Crippen LogP contribution in [-0.4, -0.2) is 29.6 Å². The van der Waals surface area contributed by atoms with E-state index in [4.69, 9.17) is 32.7 Å². The van der Waals surface area contributed by atoms with Gasteiger partial charge >= 0.3 is 12.0 Å². The molecule has 0 bridgehead atoms. The summed E-state index contributed by atoms with van der Waals surface area (Å²) in [5, 5.41) is 12.3. The van der Waals surface area contributed by atoms with Gasteiger partial charge in [0.2, 0.25) is 0 Å². The summed E-state index contributed by atoms with van der Waals surface area (Å²) in [7, 11) is 0. The Balaban J connectivity index is 1.59. The number of aromatic carboxylic acids is 1. The maximum atomic E-state index is 12.9. The molecule has 8 nitrogen and oxygen atoms in total. The topological polar surface area (TPSA) is 105 Å². The highest BCUT2D eigenvalue weighted by molar-refractivity contribution is 6.33. The van der Waals surface area contributed by atoms with Gasteiger partial charge in [0.1, 0.15) is 12.3 Å². The SMILES string of the molecule is CCOc1cc(/C=C2/NC(=O)N(c3cccc(Cl)c3)C2=O)cc(Cl)c1OCc1cccc(C(=O)O)c1. The molecule has 0 unspecified atom stereocenters. The number of rotatable bonds is 8. The molecule has 4 rings (SSSR count). The molecule has 0 radical (unpaired) electrons. The number of hydrogen-bond donors (Lipinski definition) is 2. The molecule has 1 aliphatic rings. The van der Waals surface area contributed by atoms with E-state index in [0.29, 0.717) is 34.2 Å². The molecular weight excluding hydrogens is 507 g/mol. The highest BCUT2D eigenvalue weighted by Gasteiger charge is 2.35. The molecule has 2 N–H and O–H groups in total. The van der Waals surface area contributed by atoms with E-state index >= 15 is 0 Å². The number of carbonyl (C=O) groups is 3. The van der Waals surface area contributed by atoms with Gasteiger partial charge in [-0.2, -0.15) is 0 Å². The van der Waals surface area contributed by atoms with Crippen LogP contribution in [0.4, 0.5) is 10.5 Å². The predicted molar refractivity (Wildman–Crippen MR) is 136 cm³/mol. The Morgan fingerprint density at radius 2 is 1.83 bits per heavy atom. The number of ether oxygens (including phenoxy) is 2. The molecule has 3 amide bonds. The minimum atomic E-state index is -1.04. The number of carboxylic acid groups (broad SMARTS) is 1. The first-order valence-electron chi connectivity index (χ1n) is 10.8. The average Bonchev–Trinajstić information content (AvgIpc) is 3.11. The number of carboxylic acids is 1. The van der Waals surface area contributed by atoms with Gasteiger partial charge in [0.05, 0.1) is 22.9 Å². The van der Waals surface area contributed by atoms with E-state index in [1.54, 1.807) is 49.4 Å². The van der Waals surface area contributed by atoms with Crippen molar-refractivity contribution in [3.63, 3.8) is 0 Å². The molecular formula is C26H20Cl2N2O6. The summed E-state index contributed by atoms with van der Waals surface area (Å²) in [5.74, 6) is -0.988. The van der Waals surface area contributed by atoms with Gasteiger partial charge in [0, 0.05) is 5.02 Å². The zero-order chi connectivity index (χ0) is 25.8. The molecule has 0 atom stereocenters. The Hall–Kier alpha value is -4.01. The highest BCUT2D eigenvalue weighted by atomic mass is 35.5. The number of halogens is 2. The van der Waals surface area contributed by atoms with Crippen LogP contribution in [0.3, 0.4) is 0 Å². The minimum Gasteiger partial charge on any atom is -0.490 e. The summed E-state index contributed by atoms with van der Waals surface area (Å²) in [6.07, 6.45) is 1.49. The molecule has 3 aromatic rings. The van der Waals surface area contributed by atoms with Gasteiger partial charge in [-0.05, 0) is 66.6 Å². The van der Waals surface area contributed by atoms with E-state index in [9.17, 15) is 19.5 Å². The van der Waals surface area contributed by atoms with Gasteiger partial charge in [0.15, 0.2) is 11.5 Å². The summed E-state index contributed by atoms with van der Waals surface area (Å²) >= 11 is 12.5. The molecule has 1 fully saturated rings. The van der Waals surface area contributed by atoms with Crippen LogP contribution in [0.25, 0.3) is 6.08 Å². The average molecular weight is 527 g/mol. The molecule has 1 saturated heterocycles. The summed E-state index contributed by atoms with van der Waals surface area (Å²) in [6.45, 7) is 2.17. The fourth-order valence-corrected chi connectivity index (χ4v) is 4.03. The van der Waals surface area contributed by atoms with Crippen LogP contribution in [0.5, 0.6) is 11.5 Å². The Bertz CT molecular complexity index is 1390. The lowest BCUT2D eigenvalue weighted by molar-refractivity contribution is -0.113. The standard InChI is InChI=1S/C26H20Cl2N2O6/c1-2-35-22-12-16(10-20(28)23(22)36-14-15-5-3-6-17(9-15)25(32)33)11-21-24(31)30(26(34)29-21)19-8-4-7-18(27)13-19/h3-13H,2,14H2,1H3,(H,29,34)(H,32,33)/b21-11+. The van der Waals surface area contributed by atoms with E-state index in [2.05, 4.69) is 5.32 Å². The van der Waals surface area contributed by atoms with Crippen LogP contribution in [0, 0.1) is 0 Å². The number of anilines is 1. The lowest BCUT2D eigenvalue weighted by Crippen LogP contribution is -2.30. The number of nitrogens with one attached hydrogen (secondary N) is 1. The second-order valence-corrected chi connectivity index (χ2v) is 8.51. The van der Waals surface area contributed by atoms with Crippen LogP contribution in [0.15, 0.2) is 66.4 Å². The number of hydrogen-bond acceptors (Lipinski definition) is 5. The first kappa shape index (κ1) is 25.1. The van der Waals surface area contributed by atoms with Crippen LogP contribution >= 0.6 is 23.2 Å². The smallest absolute Gasteiger partial charge is 0.335 e. The third kappa shape index (κ3) is 5.45. The summed E-state index contributed by atoms with van der Waals surface area (Å²) in [4.78, 5) is 37.6. The molecule has 0 aromatic heterocycles. The highest BCUT2D eigenvalue weighted by Crippen LogP contribution is 2.38. The lowest BCUT2D eigenvalue weighted by atomic mass is 10.1. The normalized spacial score (nSPS) is 14.2. The van der Waals surface area contributed by atoms with Crippen LogP contribution in [0.2, 0.25) is 10.0 Å². The molecule has 36 heavy (non-hydrogen) atoms. The maximum absolute atomic E-state index is 12.9. The monoisotopic (exact) mass is 526 g/mol. The van der Waals surface area contributed by atoms with E-state index < -0.39 is 17.9 Å². The van der Waals surface area contributed by atoms with Crippen LogP contribution < -0.4 is 19.7 Å². The maximum Gasteiger partial charge on any atom is 0.335 e. The minimum absolute atomic E-state index is 0.0534. The summed E-state index contributed by atoms with van der Waals surface area (Å²) in [6, 6.07) is 15.4. The van der Waals surface area contributed by atoms with E-state index in [0.717, 1.165) is 4.90 Å². The molecule has 0 aliphatic carbocycles. The van der Waals surface area contributed by atoms with Crippen molar-refractivity contribution in [2.24, 2.45) is 0 Å². The Kier molecular flexibility index (Phi) is 7.47. The molecule has 10 heteroatoms. The van der Waals surface area contributed by atoms with E-state index in [-0.39, 0.29) is 28.6 Å².